The van der Waals surface area contributed by atoms with E-state index in [9.17, 15) is 4.79 Å². The summed E-state index contributed by atoms with van der Waals surface area (Å²) in [5.41, 5.74) is 1.31. The standard InChI is InChI=1S/C18H22N2O2/c1-14(21)20-11-9-19(10-12-20)13-15-7-8-18(22-2)17-6-4-3-5-16(15)17/h3-8H,9-13H2,1-2H3. The van der Waals surface area contributed by atoms with Crippen LogP contribution in [0.15, 0.2) is 36.4 Å². The Morgan fingerprint density at radius 3 is 2.36 bits per heavy atom. The van der Waals surface area contributed by atoms with Crippen LogP contribution in [-0.2, 0) is 11.3 Å². The summed E-state index contributed by atoms with van der Waals surface area (Å²) in [6.07, 6.45) is 0. The molecule has 2 aromatic carbocycles. The Morgan fingerprint density at radius 1 is 1.05 bits per heavy atom. The van der Waals surface area contributed by atoms with Crippen molar-refractivity contribution in [3.05, 3.63) is 42.0 Å². The van der Waals surface area contributed by atoms with Crippen molar-refractivity contribution >= 4 is 16.7 Å². The van der Waals surface area contributed by atoms with Crippen molar-refractivity contribution in [2.45, 2.75) is 13.5 Å². The number of piperazine rings is 1. The largest absolute Gasteiger partial charge is 0.496 e. The highest BCUT2D eigenvalue weighted by atomic mass is 16.5. The quantitative estimate of drug-likeness (QED) is 0.873. The molecule has 3 rings (SSSR count). The summed E-state index contributed by atoms with van der Waals surface area (Å²) in [6.45, 7) is 6.07. The topological polar surface area (TPSA) is 32.8 Å². The first kappa shape index (κ1) is 14.9. The maximum absolute atomic E-state index is 11.4. The molecule has 1 saturated heterocycles. The number of hydrogen-bond acceptors (Lipinski definition) is 3. The molecule has 1 heterocycles. The minimum Gasteiger partial charge on any atom is -0.496 e. The van der Waals surface area contributed by atoms with Gasteiger partial charge >= 0.3 is 0 Å². The first-order valence-corrected chi connectivity index (χ1v) is 7.71. The number of carbonyl (C=O) groups excluding carboxylic acids is 1. The van der Waals surface area contributed by atoms with Gasteiger partial charge in [-0.1, -0.05) is 30.3 Å². The maximum Gasteiger partial charge on any atom is 0.219 e. The van der Waals surface area contributed by atoms with Gasteiger partial charge in [-0.15, -0.1) is 0 Å². The SMILES string of the molecule is COc1ccc(CN2CCN(C(C)=O)CC2)c2ccccc12. The summed E-state index contributed by atoms with van der Waals surface area (Å²) in [4.78, 5) is 15.7. The Hall–Kier alpha value is -2.07. The van der Waals surface area contributed by atoms with Crippen molar-refractivity contribution in [2.24, 2.45) is 0 Å². The van der Waals surface area contributed by atoms with Gasteiger partial charge in [-0.2, -0.15) is 0 Å². The smallest absolute Gasteiger partial charge is 0.219 e. The van der Waals surface area contributed by atoms with E-state index in [0.29, 0.717) is 0 Å². The van der Waals surface area contributed by atoms with Gasteiger partial charge in [0.1, 0.15) is 5.75 Å². The van der Waals surface area contributed by atoms with E-state index < -0.39 is 0 Å². The van der Waals surface area contributed by atoms with Crippen molar-refractivity contribution in [2.75, 3.05) is 33.3 Å². The first-order chi connectivity index (χ1) is 10.7. The van der Waals surface area contributed by atoms with Crippen LogP contribution in [0.4, 0.5) is 0 Å². The molecule has 0 radical (unpaired) electrons. The van der Waals surface area contributed by atoms with Crippen LogP contribution in [0.25, 0.3) is 10.8 Å². The second-order valence-corrected chi connectivity index (χ2v) is 5.75. The number of carbonyl (C=O) groups is 1. The third-order valence-electron chi connectivity index (χ3n) is 4.41. The third-order valence-corrected chi connectivity index (χ3v) is 4.41. The lowest BCUT2D eigenvalue weighted by atomic mass is 10.0. The molecule has 2 aromatic rings. The lowest BCUT2D eigenvalue weighted by molar-refractivity contribution is -0.130. The number of methoxy groups -OCH3 is 1. The Morgan fingerprint density at radius 2 is 1.73 bits per heavy atom. The molecule has 116 valence electrons. The van der Waals surface area contributed by atoms with Gasteiger partial charge in [0.25, 0.3) is 0 Å². The van der Waals surface area contributed by atoms with Crippen molar-refractivity contribution in [3.63, 3.8) is 0 Å². The van der Waals surface area contributed by atoms with E-state index >= 15 is 0 Å². The number of hydrogen-bond donors (Lipinski definition) is 0. The molecule has 0 bridgehead atoms. The lowest BCUT2D eigenvalue weighted by Gasteiger charge is -2.34. The van der Waals surface area contributed by atoms with Crippen LogP contribution in [0.2, 0.25) is 0 Å². The Kier molecular flexibility index (Phi) is 4.29. The Labute approximate surface area is 131 Å². The zero-order valence-corrected chi connectivity index (χ0v) is 13.2. The van der Waals surface area contributed by atoms with Gasteiger partial charge in [0.05, 0.1) is 7.11 Å². The van der Waals surface area contributed by atoms with Gasteiger partial charge in [-0.25, -0.2) is 0 Å². The molecule has 1 fully saturated rings. The molecule has 0 N–H and O–H groups in total. The minimum atomic E-state index is 0.176. The maximum atomic E-state index is 11.4. The zero-order valence-electron chi connectivity index (χ0n) is 13.2. The molecule has 0 aliphatic carbocycles. The van der Waals surface area contributed by atoms with E-state index in [-0.39, 0.29) is 5.91 Å². The number of fused-ring (bicyclic) bond motifs is 1. The van der Waals surface area contributed by atoms with Crippen LogP contribution in [0.1, 0.15) is 12.5 Å². The average molecular weight is 298 g/mol. The van der Waals surface area contributed by atoms with E-state index in [1.54, 1.807) is 14.0 Å². The fourth-order valence-electron chi connectivity index (χ4n) is 3.11. The highest BCUT2D eigenvalue weighted by molar-refractivity contribution is 5.91. The van der Waals surface area contributed by atoms with Crippen LogP contribution in [-0.4, -0.2) is 49.0 Å². The number of rotatable bonds is 3. The van der Waals surface area contributed by atoms with E-state index in [2.05, 4.69) is 29.2 Å². The molecule has 4 nitrogen and oxygen atoms in total. The summed E-state index contributed by atoms with van der Waals surface area (Å²) in [5.74, 6) is 1.09. The van der Waals surface area contributed by atoms with Crippen LogP contribution >= 0.6 is 0 Å². The molecular formula is C18H22N2O2. The van der Waals surface area contributed by atoms with Crippen LogP contribution in [0, 0.1) is 0 Å². The van der Waals surface area contributed by atoms with E-state index in [1.807, 2.05) is 17.0 Å². The molecule has 0 unspecified atom stereocenters. The third kappa shape index (κ3) is 2.92. The van der Waals surface area contributed by atoms with Crippen molar-refractivity contribution in [1.82, 2.24) is 9.80 Å². The van der Waals surface area contributed by atoms with Gasteiger partial charge in [0, 0.05) is 45.0 Å². The van der Waals surface area contributed by atoms with Crippen molar-refractivity contribution < 1.29 is 9.53 Å². The van der Waals surface area contributed by atoms with Crippen LogP contribution in [0.3, 0.4) is 0 Å². The normalized spacial score (nSPS) is 16.0. The van der Waals surface area contributed by atoms with Gasteiger partial charge in [0.15, 0.2) is 0 Å². The number of amides is 1. The van der Waals surface area contributed by atoms with Crippen molar-refractivity contribution in [1.29, 1.82) is 0 Å². The van der Waals surface area contributed by atoms with Gasteiger partial charge in [-0.05, 0) is 17.0 Å². The lowest BCUT2D eigenvalue weighted by Crippen LogP contribution is -2.47. The van der Waals surface area contributed by atoms with Crippen molar-refractivity contribution in [3.8, 4) is 5.75 Å². The first-order valence-electron chi connectivity index (χ1n) is 7.71. The molecule has 22 heavy (non-hydrogen) atoms. The summed E-state index contributed by atoms with van der Waals surface area (Å²) in [7, 11) is 1.71. The van der Waals surface area contributed by atoms with Gasteiger partial charge in [0.2, 0.25) is 5.91 Å². The predicted octanol–water partition coefficient (Wildman–Crippen LogP) is 2.51. The molecule has 1 aliphatic heterocycles. The second kappa shape index (κ2) is 6.36. The summed E-state index contributed by atoms with van der Waals surface area (Å²) in [6, 6.07) is 12.6. The molecular weight excluding hydrogens is 276 g/mol. The molecule has 0 spiro atoms. The molecule has 0 atom stereocenters. The van der Waals surface area contributed by atoms with E-state index in [0.717, 1.165) is 43.9 Å². The fourth-order valence-corrected chi connectivity index (χ4v) is 3.11. The highest BCUT2D eigenvalue weighted by Gasteiger charge is 2.19. The molecule has 0 aromatic heterocycles. The van der Waals surface area contributed by atoms with Crippen LogP contribution < -0.4 is 4.74 Å². The van der Waals surface area contributed by atoms with Crippen LogP contribution in [0.5, 0.6) is 5.75 Å². The Balaban J connectivity index is 1.79. The number of benzene rings is 2. The van der Waals surface area contributed by atoms with E-state index in [4.69, 9.17) is 4.74 Å². The Bertz CT molecular complexity index is 676. The monoisotopic (exact) mass is 298 g/mol. The molecule has 4 heteroatoms. The predicted molar refractivity (Wildman–Crippen MR) is 88.0 cm³/mol. The fraction of sp³-hybridized carbons (Fsp3) is 0.389. The summed E-state index contributed by atoms with van der Waals surface area (Å²) < 4.78 is 5.46. The molecule has 0 saturated carbocycles. The van der Waals surface area contributed by atoms with E-state index in [1.165, 1.54) is 10.9 Å². The number of ether oxygens (including phenoxy) is 1. The van der Waals surface area contributed by atoms with Gasteiger partial charge in [-0.3, -0.25) is 9.69 Å². The minimum absolute atomic E-state index is 0.176. The number of nitrogens with zero attached hydrogens (tertiary/aromatic N) is 2. The summed E-state index contributed by atoms with van der Waals surface area (Å²) in [5, 5.41) is 2.40. The molecule has 1 amide bonds. The second-order valence-electron chi connectivity index (χ2n) is 5.75. The summed E-state index contributed by atoms with van der Waals surface area (Å²) >= 11 is 0. The average Bonchev–Trinajstić information content (AvgIpc) is 2.55. The highest BCUT2D eigenvalue weighted by Crippen LogP contribution is 2.29. The zero-order chi connectivity index (χ0) is 15.5. The molecule has 1 aliphatic rings. The van der Waals surface area contributed by atoms with Gasteiger partial charge < -0.3 is 9.64 Å².